The number of halogens is 1. The number of rotatable bonds is 6. The van der Waals surface area contributed by atoms with E-state index >= 15 is 0 Å². The molecule has 0 aliphatic carbocycles. The first-order chi connectivity index (χ1) is 9.65. The number of nitrogens with one attached hydrogen (secondary N) is 1. The van der Waals surface area contributed by atoms with Gasteiger partial charge < -0.3 is 10.1 Å². The SMILES string of the molecule is Cc1ccccc1OCC(=O)NCCc1ccc(Br)s1. The minimum Gasteiger partial charge on any atom is -0.484 e. The van der Waals surface area contributed by atoms with E-state index in [9.17, 15) is 4.79 Å². The first-order valence-corrected chi connectivity index (χ1v) is 7.95. The molecule has 1 aromatic carbocycles. The highest BCUT2D eigenvalue weighted by molar-refractivity contribution is 9.11. The van der Waals surface area contributed by atoms with Crippen molar-refractivity contribution in [3.8, 4) is 5.75 Å². The number of carbonyl (C=O) groups excluding carboxylic acids is 1. The van der Waals surface area contributed by atoms with E-state index in [0.29, 0.717) is 6.54 Å². The fourth-order valence-corrected chi connectivity index (χ4v) is 3.21. The molecule has 0 aliphatic rings. The van der Waals surface area contributed by atoms with E-state index in [1.165, 1.54) is 4.88 Å². The number of hydrogen-bond acceptors (Lipinski definition) is 3. The van der Waals surface area contributed by atoms with Crippen LogP contribution in [0.2, 0.25) is 0 Å². The van der Waals surface area contributed by atoms with Crippen LogP contribution in [0.3, 0.4) is 0 Å². The Balaban J connectivity index is 1.69. The summed E-state index contributed by atoms with van der Waals surface area (Å²) in [6.45, 7) is 2.64. The predicted octanol–water partition coefficient (Wildman–Crippen LogP) is 3.56. The van der Waals surface area contributed by atoms with Crippen LogP contribution in [0.4, 0.5) is 0 Å². The summed E-state index contributed by atoms with van der Waals surface area (Å²) < 4.78 is 6.60. The standard InChI is InChI=1S/C15H16BrNO2S/c1-11-4-2-3-5-13(11)19-10-15(18)17-9-8-12-6-7-14(16)20-12/h2-7H,8-10H2,1H3,(H,17,18). The average molecular weight is 354 g/mol. The summed E-state index contributed by atoms with van der Waals surface area (Å²) in [6, 6.07) is 11.7. The van der Waals surface area contributed by atoms with Gasteiger partial charge in [-0.05, 0) is 53.0 Å². The number of hydrogen-bond donors (Lipinski definition) is 1. The third kappa shape index (κ3) is 4.65. The second kappa shape index (κ2) is 7.45. The maximum absolute atomic E-state index is 11.7. The molecule has 1 aromatic heterocycles. The monoisotopic (exact) mass is 353 g/mol. The molecule has 2 aromatic rings. The maximum atomic E-state index is 11.7. The third-order valence-corrected chi connectivity index (χ3v) is 4.46. The van der Waals surface area contributed by atoms with Crippen molar-refractivity contribution in [1.82, 2.24) is 5.32 Å². The lowest BCUT2D eigenvalue weighted by atomic mass is 10.2. The van der Waals surface area contributed by atoms with Gasteiger partial charge in [-0.15, -0.1) is 11.3 Å². The molecule has 0 spiro atoms. The van der Waals surface area contributed by atoms with E-state index in [4.69, 9.17) is 4.74 Å². The van der Waals surface area contributed by atoms with Gasteiger partial charge in [0.2, 0.25) is 0 Å². The first-order valence-electron chi connectivity index (χ1n) is 6.34. The van der Waals surface area contributed by atoms with E-state index in [0.717, 1.165) is 21.5 Å². The third-order valence-electron chi connectivity index (χ3n) is 2.77. The zero-order valence-corrected chi connectivity index (χ0v) is 13.6. The Hall–Kier alpha value is -1.33. The first kappa shape index (κ1) is 15.1. The molecular formula is C15H16BrNO2S. The number of amides is 1. The molecule has 106 valence electrons. The summed E-state index contributed by atoms with van der Waals surface area (Å²) in [5, 5.41) is 2.86. The zero-order chi connectivity index (χ0) is 14.4. The molecule has 5 heteroatoms. The largest absolute Gasteiger partial charge is 0.484 e. The van der Waals surface area contributed by atoms with Crippen molar-refractivity contribution in [2.45, 2.75) is 13.3 Å². The minimum absolute atomic E-state index is 0.0546. The van der Waals surface area contributed by atoms with Crippen molar-refractivity contribution in [2.75, 3.05) is 13.2 Å². The Kier molecular flexibility index (Phi) is 5.61. The van der Waals surface area contributed by atoms with Crippen LogP contribution in [0, 0.1) is 6.92 Å². The molecule has 1 N–H and O–H groups in total. The maximum Gasteiger partial charge on any atom is 0.257 e. The van der Waals surface area contributed by atoms with Crippen molar-refractivity contribution in [3.63, 3.8) is 0 Å². The lowest BCUT2D eigenvalue weighted by molar-refractivity contribution is -0.123. The summed E-state index contributed by atoms with van der Waals surface area (Å²) in [5.41, 5.74) is 1.03. The molecule has 0 saturated heterocycles. The molecule has 0 bridgehead atoms. The molecule has 0 atom stereocenters. The summed E-state index contributed by atoms with van der Waals surface area (Å²) >= 11 is 5.11. The zero-order valence-electron chi connectivity index (χ0n) is 11.2. The Labute approximate surface area is 131 Å². The fourth-order valence-electron chi connectivity index (χ4n) is 1.72. The highest BCUT2D eigenvalue weighted by Crippen LogP contribution is 2.22. The van der Waals surface area contributed by atoms with Crippen LogP contribution in [0.25, 0.3) is 0 Å². The fraction of sp³-hybridized carbons (Fsp3) is 0.267. The normalized spacial score (nSPS) is 10.3. The second-order valence-electron chi connectivity index (χ2n) is 4.36. The summed E-state index contributed by atoms with van der Waals surface area (Å²) in [5.74, 6) is 0.661. The van der Waals surface area contributed by atoms with Crippen molar-refractivity contribution in [3.05, 3.63) is 50.6 Å². The van der Waals surface area contributed by atoms with E-state index in [1.54, 1.807) is 11.3 Å². The molecule has 1 heterocycles. The highest BCUT2D eigenvalue weighted by Gasteiger charge is 2.04. The topological polar surface area (TPSA) is 38.3 Å². The number of carbonyl (C=O) groups is 1. The lowest BCUT2D eigenvalue weighted by Gasteiger charge is -2.09. The second-order valence-corrected chi connectivity index (χ2v) is 6.91. The summed E-state index contributed by atoms with van der Waals surface area (Å²) in [6.07, 6.45) is 0.840. The molecule has 3 nitrogen and oxygen atoms in total. The van der Waals surface area contributed by atoms with E-state index in [-0.39, 0.29) is 12.5 Å². The summed E-state index contributed by atoms with van der Waals surface area (Å²) in [4.78, 5) is 12.9. The molecule has 0 unspecified atom stereocenters. The van der Waals surface area contributed by atoms with Crippen LogP contribution in [-0.2, 0) is 11.2 Å². The lowest BCUT2D eigenvalue weighted by Crippen LogP contribution is -2.30. The molecule has 20 heavy (non-hydrogen) atoms. The van der Waals surface area contributed by atoms with Gasteiger partial charge in [-0.1, -0.05) is 18.2 Å². The minimum atomic E-state index is -0.0936. The number of para-hydroxylation sites is 1. The van der Waals surface area contributed by atoms with Gasteiger partial charge in [0, 0.05) is 11.4 Å². The van der Waals surface area contributed by atoms with Gasteiger partial charge in [0.1, 0.15) is 5.75 Å². The van der Waals surface area contributed by atoms with Crippen LogP contribution < -0.4 is 10.1 Å². The average Bonchev–Trinajstić information content (AvgIpc) is 2.83. The molecule has 0 saturated carbocycles. The number of ether oxygens (including phenoxy) is 1. The van der Waals surface area contributed by atoms with Crippen molar-refractivity contribution in [2.24, 2.45) is 0 Å². The van der Waals surface area contributed by atoms with Gasteiger partial charge in [0.25, 0.3) is 5.91 Å². The Morgan fingerprint density at radius 1 is 1.30 bits per heavy atom. The predicted molar refractivity (Wildman–Crippen MR) is 85.4 cm³/mol. The quantitative estimate of drug-likeness (QED) is 0.862. The Bertz CT molecular complexity index is 583. The molecule has 1 amide bonds. The van der Waals surface area contributed by atoms with Gasteiger partial charge in [-0.2, -0.15) is 0 Å². The van der Waals surface area contributed by atoms with Crippen molar-refractivity contribution < 1.29 is 9.53 Å². The van der Waals surface area contributed by atoms with Gasteiger partial charge in [0.15, 0.2) is 6.61 Å². The van der Waals surface area contributed by atoms with Crippen molar-refractivity contribution in [1.29, 1.82) is 0 Å². The smallest absolute Gasteiger partial charge is 0.257 e. The van der Waals surface area contributed by atoms with Crippen LogP contribution in [0.15, 0.2) is 40.2 Å². The Morgan fingerprint density at radius 3 is 2.80 bits per heavy atom. The molecular weight excluding hydrogens is 338 g/mol. The van der Waals surface area contributed by atoms with Gasteiger partial charge in [-0.3, -0.25) is 4.79 Å². The van der Waals surface area contributed by atoms with Crippen LogP contribution in [0.5, 0.6) is 5.75 Å². The van der Waals surface area contributed by atoms with E-state index < -0.39 is 0 Å². The van der Waals surface area contributed by atoms with E-state index in [1.807, 2.05) is 37.3 Å². The molecule has 0 fully saturated rings. The van der Waals surface area contributed by atoms with Crippen LogP contribution >= 0.6 is 27.3 Å². The van der Waals surface area contributed by atoms with Gasteiger partial charge in [0.05, 0.1) is 3.79 Å². The molecule has 0 aliphatic heterocycles. The van der Waals surface area contributed by atoms with Gasteiger partial charge >= 0.3 is 0 Å². The number of benzene rings is 1. The van der Waals surface area contributed by atoms with E-state index in [2.05, 4.69) is 27.3 Å². The molecule has 0 radical (unpaired) electrons. The van der Waals surface area contributed by atoms with Crippen LogP contribution in [0.1, 0.15) is 10.4 Å². The van der Waals surface area contributed by atoms with Gasteiger partial charge in [-0.25, -0.2) is 0 Å². The van der Waals surface area contributed by atoms with Crippen molar-refractivity contribution >= 4 is 33.2 Å². The highest BCUT2D eigenvalue weighted by atomic mass is 79.9. The summed E-state index contributed by atoms with van der Waals surface area (Å²) in [7, 11) is 0. The number of thiophene rings is 1. The van der Waals surface area contributed by atoms with Crippen LogP contribution in [-0.4, -0.2) is 19.1 Å². The number of aryl methyl sites for hydroxylation is 1. The Morgan fingerprint density at radius 2 is 2.10 bits per heavy atom. The molecule has 2 rings (SSSR count).